The number of thiophene rings is 1. The molecule has 0 saturated heterocycles. The second-order valence-electron chi connectivity index (χ2n) is 5.18. The Labute approximate surface area is 135 Å². The molecule has 0 bridgehead atoms. The van der Waals surface area contributed by atoms with Gasteiger partial charge >= 0.3 is 0 Å². The van der Waals surface area contributed by atoms with Gasteiger partial charge in [-0.15, -0.1) is 11.3 Å². The van der Waals surface area contributed by atoms with E-state index in [0.29, 0.717) is 21.9 Å². The molecule has 0 atom stereocenters. The lowest BCUT2D eigenvalue weighted by Crippen LogP contribution is -2.09. The molecule has 3 aromatic heterocycles. The summed E-state index contributed by atoms with van der Waals surface area (Å²) in [6.07, 6.45) is 3.25. The zero-order chi connectivity index (χ0) is 15.8. The van der Waals surface area contributed by atoms with E-state index in [1.165, 1.54) is 16.9 Å². The largest absolute Gasteiger partial charge is 0.303 e. The lowest BCUT2D eigenvalue weighted by molar-refractivity contribution is 1.08. The Balaban J connectivity index is 1.98. The van der Waals surface area contributed by atoms with E-state index >= 15 is 0 Å². The van der Waals surface area contributed by atoms with Crippen LogP contribution in [-0.2, 0) is 0 Å². The number of H-pyrrole nitrogens is 1. The molecule has 0 unspecified atom stereocenters. The van der Waals surface area contributed by atoms with Gasteiger partial charge in [0, 0.05) is 23.3 Å². The van der Waals surface area contributed by atoms with Crippen LogP contribution >= 0.6 is 11.3 Å². The quantitative estimate of drug-likeness (QED) is 0.614. The highest BCUT2D eigenvalue weighted by molar-refractivity contribution is 7.17. The third-order valence-electron chi connectivity index (χ3n) is 3.53. The van der Waals surface area contributed by atoms with Gasteiger partial charge in [0.05, 0.1) is 5.52 Å². The summed E-state index contributed by atoms with van der Waals surface area (Å²) >= 11 is 1.40. The van der Waals surface area contributed by atoms with Crippen molar-refractivity contribution in [3.63, 3.8) is 0 Å². The molecule has 0 aliphatic heterocycles. The molecule has 0 amide bonds. The SMILES string of the molecule is Cc1cccc(-c2csc3c(=O)[nH]c(-c4ncccn4)nc23)c1. The van der Waals surface area contributed by atoms with Gasteiger partial charge in [0.25, 0.3) is 5.56 Å². The van der Waals surface area contributed by atoms with Crippen molar-refractivity contribution >= 4 is 21.6 Å². The average molecular weight is 320 g/mol. The smallest absolute Gasteiger partial charge is 0.269 e. The van der Waals surface area contributed by atoms with Gasteiger partial charge in [-0.25, -0.2) is 15.0 Å². The molecule has 112 valence electrons. The monoisotopic (exact) mass is 320 g/mol. The van der Waals surface area contributed by atoms with Gasteiger partial charge in [0.2, 0.25) is 0 Å². The van der Waals surface area contributed by atoms with E-state index in [2.05, 4.69) is 26.0 Å². The molecule has 5 nitrogen and oxygen atoms in total. The van der Waals surface area contributed by atoms with Crippen LogP contribution in [0.1, 0.15) is 5.56 Å². The highest BCUT2D eigenvalue weighted by Crippen LogP contribution is 2.31. The summed E-state index contributed by atoms with van der Waals surface area (Å²) in [5.74, 6) is 0.795. The third kappa shape index (κ3) is 2.43. The lowest BCUT2D eigenvalue weighted by atomic mass is 10.1. The number of hydrogen-bond donors (Lipinski definition) is 1. The van der Waals surface area contributed by atoms with Crippen LogP contribution in [0.5, 0.6) is 0 Å². The number of fused-ring (bicyclic) bond motifs is 1. The maximum atomic E-state index is 12.3. The van der Waals surface area contributed by atoms with Crippen LogP contribution < -0.4 is 5.56 Å². The summed E-state index contributed by atoms with van der Waals surface area (Å²) in [5.41, 5.74) is 3.69. The fourth-order valence-electron chi connectivity index (χ4n) is 2.47. The average Bonchev–Trinajstić information content (AvgIpc) is 3.00. The van der Waals surface area contributed by atoms with E-state index in [9.17, 15) is 4.79 Å². The first-order chi connectivity index (χ1) is 11.2. The van der Waals surface area contributed by atoms with Gasteiger partial charge in [-0.3, -0.25) is 4.79 Å². The van der Waals surface area contributed by atoms with Gasteiger partial charge < -0.3 is 4.98 Å². The second kappa shape index (κ2) is 5.40. The molecule has 1 N–H and O–H groups in total. The van der Waals surface area contributed by atoms with Crippen molar-refractivity contribution in [1.82, 2.24) is 19.9 Å². The zero-order valence-corrected chi connectivity index (χ0v) is 13.1. The highest BCUT2D eigenvalue weighted by Gasteiger charge is 2.14. The predicted molar refractivity (Wildman–Crippen MR) is 91.4 cm³/mol. The van der Waals surface area contributed by atoms with Crippen molar-refractivity contribution < 1.29 is 0 Å². The fourth-order valence-corrected chi connectivity index (χ4v) is 3.38. The van der Waals surface area contributed by atoms with E-state index in [4.69, 9.17) is 0 Å². The number of aromatic amines is 1. The molecule has 4 aromatic rings. The van der Waals surface area contributed by atoms with Crippen molar-refractivity contribution in [3.05, 3.63) is 64.0 Å². The van der Waals surface area contributed by atoms with Crippen molar-refractivity contribution in [1.29, 1.82) is 0 Å². The summed E-state index contributed by atoms with van der Waals surface area (Å²) in [6, 6.07) is 9.88. The van der Waals surface area contributed by atoms with Gasteiger partial charge in [-0.2, -0.15) is 0 Å². The Kier molecular flexibility index (Phi) is 3.24. The number of nitrogens with one attached hydrogen (secondary N) is 1. The van der Waals surface area contributed by atoms with Gasteiger partial charge in [0.15, 0.2) is 11.6 Å². The van der Waals surface area contributed by atoms with Crippen LogP contribution in [0.25, 0.3) is 33.0 Å². The molecule has 3 heterocycles. The van der Waals surface area contributed by atoms with Crippen LogP contribution in [0.15, 0.2) is 52.9 Å². The van der Waals surface area contributed by atoms with E-state index < -0.39 is 0 Å². The number of aryl methyl sites for hydroxylation is 1. The zero-order valence-electron chi connectivity index (χ0n) is 12.3. The summed E-state index contributed by atoms with van der Waals surface area (Å²) in [7, 11) is 0. The first kappa shape index (κ1) is 13.8. The third-order valence-corrected chi connectivity index (χ3v) is 4.50. The van der Waals surface area contributed by atoms with E-state index in [1.54, 1.807) is 18.5 Å². The highest BCUT2D eigenvalue weighted by atomic mass is 32.1. The standard InChI is InChI=1S/C17H12N4OS/c1-10-4-2-5-11(8-10)12-9-23-14-13(12)20-16(21-17(14)22)15-18-6-3-7-19-15/h2-9H,1H3,(H,20,21,22). The molecular formula is C17H12N4OS. The number of benzene rings is 1. The molecule has 0 aliphatic rings. The molecule has 23 heavy (non-hydrogen) atoms. The van der Waals surface area contributed by atoms with E-state index in [0.717, 1.165) is 11.1 Å². The van der Waals surface area contributed by atoms with Crippen LogP contribution in [0, 0.1) is 6.92 Å². The summed E-state index contributed by atoms with van der Waals surface area (Å²) < 4.78 is 0.612. The predicted octanol–water partition coefficient (Wildman–Crippen LogP) is 3.42. The minimum absolute atomic E-state index is 0.165. The maximum absolute atomic E-state index is 12.3. The molecule has 0 fully saturated rings. The minimum atomic E-state index is -0.165. The van der Waals surface area contributed by atoms with Gasteiger partial charge in [0.1, 0.15) is 4.70 Å². The van der Waals surface area contributed by atoms with Crippen LogP contribution in [-0.4, -0.2) is 19.9 Å². The first-order valence-corrected chi connectivity index (χ1v) is 7.96. The fraction of sp³-hybridized carbons (Fsp3) is 0.0588. The molecule has 6 heteroatoms. The molecule has 1 aromatic carbocycles. The normalized spacial score (nSPS) is 11.0. The Hall–Kier alpha value is -2.86. The van der Waals surface area contributed by atoms with Crippen molar-refractivity contribution in [2.75, 3.05) is 0 Å². The number of nitrogens with zero attached hydrogens (tertiary/aromatic N) is 3. The Morgan fingerprint density at radius 1 is 1.13 bits per heavy atom. The summed E-state index contributed by atoms with van der Waals surface area (Å²) in [6.45, 7) is 2.04. The molecule has 0 spiro atoms. The van der Waals surface area contributed by atoms with E-state index in [-0.39, 0.29) is 5.56 Å². The lowest BCUT2D eigenvalue weighted by Gasteiger charge is -2.03. The summed E-state index contributed by atoms with van der Waals surface area (Å²) in [5, 5.41) is 1.97. The van der Waals surface area contributed by atoms with Gasteiger partial charge in [-0.05, 0) is 18.6 Å². The molecule has 0 aliphatic carbocycles. The van der Waals surface area contributed by atoms with Crippen molar-refractivity contribution in [3.8, 4) is 22.8 Å². The molecule has 0 radical (unpaired) electrons. The number of rotatable bonds is 2. The second-order valence-corrected chi connectivity index (χ2v) is 6.06. The van der Waals surface area contributed by atoms with Crippen LogP contribution in [0.3, 0.4) is 0 Å². The van der Waals surface area contributed by atoms with Crippen LogP contribution in [0.4, 0.5) is 0 Å². The maximum Gasteiger partial charge on any atom is 0.269 e. The molecular weight excluding hydrogens is 308 g/mol. The van der Waals surface area contributed by atoms with E-state index in [1.807, 2.05) is 30.5 Å². The van der Waals surface area contributed by atoms with Crippen LogP contribution in [0.2, 0.25) is 0 Å². The first-order valence-electron chi connectivity index (χ1n) is 7.08. The summed E-state index contributed by atoms with van der Waals surface area (Å²) in [4.78, 5) is 28.0. The van der Waals surface area contributed by atoms with Crippen molar-refractivity contribution in [2.45, 2.75) is 6.92 Å². The van der Waals surface area contributed by atoms with Gasteiger partial charge in [-0.1, -0.05) is 29.8 Å². The number of aromatic nitrogens is 4. The number of hydrogen-bond acceptors (Lipinski definition) is 5. The topological polar surface area (TPSA) is 71.5 Å². The Morgan fingerprint density at radius 2 is 1.96 bits per heavy atom. The Morgan fingerprint density at radius 3 is 2.74 bits per heavy atom. The molecule has 4 rings (SSSR count). The molecule has 0 saturated carbocycles. The van der Waals surface area contributed by atoms with Crippen molar-refractivity contribution in [2.24, 2.45) is 0 Å². The minimum Gasteiger partial charge on any atom is -0.303 e. The Bertz CT molecular complexity index is 1050.